The Bertz CT molecular complexity index is 728. The molecule has 0 heterocycles. The van der Waals surface area contributed by atoms with Crippen molar-refractivity contribution in [2.75, 3.05) is 19.1 Å². The molecule has 0 N–H and O–H groups in total. The first-order valence-corrected chi connectivity index (χ1v) is 9.41. The summed E-state index contributed by atoms with van der Waals surface area (Å²) in [6.07, 6.45) is -7.15. The molecule has 2 aromatic rings. The first-order chi connectivity index (χ1) is 13.1. The van der Waals surface area contributed by atoms with Gasteiger partial charge in [0.2, 0.25) is 6.17 Å². The fourth-order valence-electron chi connectivity index (χ4n) is 2.61. The van der Waals surface area contributed by atoms with Gasteiger partial charge in [-0.2, -0.15) is 13.2 Å². The Hall–Kier alpha value is -1.95. The van der Waals surface area contributed by atoms with Gasteiger partial charge in [0.25, 0.3) is 0 Å². The summed E-state index contributed by atoms with van der Waals surface area (Å²) in [7, 11) is 0. The van der Waals surface area contributed by atoms with Crippen molar-refractivity contribution in [3.05, 3.63) is 59.7 Å². The minimum absolute atomic E-state index is 0.189. The van der Waals surface area contributed by atoms with Gasteiger partial charge < -0.3 is 9.47 Å². The highest BCUT2D eigenvalue weighted by Crippen LogP contribution is 2.33. The van der Waals surface area contributed by atoms with Crippen LogP contribution in [0.25, 0.3) is 0 Å². The highest BCUT2D eigenvalue weighted by molar-refractivity contribution is 6.17. The first kappa shape index (κ1) is 22.3. The van der Waals surface area contributed by atoms with Crippen LogP contribution in [-0.2, 0) is 5.41 Å². The molecule has 0 aromatic heterocycles. The summed E-state index contributed by atoms with van der Waals surface area (Å²) in [6, 6.07) is 14.3. The standard InChI is InChI=1S/C21H23ClF4O2/c1-20(2,15-4-8-17(9-5-15)27-13-3-12-22)16-6-10-18(11-7-16)28-14-19(23)21(24,25)26/h4-11,19H,3,12-14H2,1-2H3. The first-order valence-electron chi connectivity index (χ1n) is 8.88. The van der Waals surface area contributed by atoms with Gasteiger partial charge in [0.15, 0.2) is 0 Å². The molecule has 0 amide bonds. The minimum Gasteiger partial charge on any atom is -0.494 e. The smallest absolute Gasteiger partial charge is 0.423 e. The average Bonchev–Trinajstić information content (AvgIpc) is 2.66. The fourth-order valence-corrected chi connectivity index (χ4v) is 2.72. The second kappa shape index (κ2) is 9.50. The van der Waals surface area contributed by atoms with Gasteiger partial charge >= 0.3 is 6.18 Å². The highest BCUT2D eigenvalue weighted by atomic mass is 35.5. The van der Waals surface area contributed by atoms with E-state index in [1.807, 2.05) is 38.1 Å². The summed E-state index contributed by atoms with van der Waals surface area (Å²) in [6.45, 7) is 3.57. The molecular formula is C21H23ClF4O2. The van der Waals surface area contributed by atoms with Crippen molar-refractivity contribution >= 4 is 11.6 Å². The molecule has 0 aliphatic carbocycles. The number of halogens is 5. The Labute approximate surface area is 167 Å². The molecule has 2 aromatic carbocycles. The second-order valence-corrected chi connectivity index (χ2v) is 7.26. The van der Waals surface area contributed by atoms with Crippen LogP contribution in [0.1, 0.15) is 31.4 Å². The SMILES string of the molecule is CC(C)(c1ccc(OCCCCl)cc1)c1ccc(OCC(F)C(F)(F)F)cc1. The minimum atomic E-state index is -4.91. The predicted octanol–water partition coefficient (Wildman–Crippen LogP) is 6.30. The number of ether oxygens (including phenoxy) is 2. The van der Waals surface area contributed by atoms with Crippen molar-refractivity contribution in [1.29, 1.82) is 0 Å². The van der Waals surface area contributed by atoms with Crippen LogP contribution in [-0.4, -0.2) is 31.4 Å². The van der Waals surface area contributed by atoms with Crippen LogP contribution in [0.2, 0.25) is 0 Å². The number of hydrogen-bond donors (Lipinski definition) is 0. The molecule has 0 spiro atoms. The summed E-state index contributed by atoms with van der Waals surface area (Å²) in [5, 5.41) is 0. The maximum absolute atomic E-state index is 12.9. The van der Waals surface area contributed by atoms with Crippen molar-refractivity contribution in [3.8, 4) is 11.5 Å². The molecule has 2 rings (SSSR count). The zero-order valence-electron chi connectivity index (χ0n) is 15.7. The molecule has 0 fully saturated rings. The van der Waals surface area contributed by atoms with Gasteiger partial charge in [0, 0.05) is 11.3 Å². The third-order valence-corrected chi connectivity index (χ3v) is 4.72. The summed E-state index contributed by atoms with van der Waals surface area (Å²) in [5.41, 5.74) is 1.65. The molecule has 1 atom stereocenters. The number of benzene rings is 2. The van der Waals surface area contributed by atoms with Gasteiger partial charge in [-0.25, -0.2) is 4.39 Å². The number of alkyl halides is 5. The Balaban J connectivity index is 2.03. The van der Waals surface area contributed by atoms with E-state index in [1.54, 1.807) is 24.3 Å². The van der Waals surface area contributed by atoms with E-state index in [-0.39, 0.29) is 11.2 Å². The lowest BCUT2D eigenvalue weighted by Gasteiger charge is -2.26. The maximum Gasteiger partial charge on any atom is 0.423 e. The molecule has 28 heavy (non-hydrogen) atoms. The van der Waals surface area contributed by atoms with Crippen molar-refractivity contribution in [2.24, 2.45) is 0 Å². The molecule has 2 nitrogen and oxygen atoms in total. The van der Waals surface area contributed by atoms with Crippen LogP contribution in [0.5, 0.6) is 11.5 Å². The zero-order chi connectivity index (χ0) is 20.8. The zero-order valence-corrected chi connectivity index (χ0v) is 16.5. The largest absolute Gasteiger partial charge is 0.494 e. The predicted molar refractivity (Wildman–Crippen MR) is 102 cm³/mol. The molecule has 0 saturated heterocycles. The molecule has 0 radical (unpaired) electrons. The van der Waals surface area contributed by atoms with Crippen LogP contribution in [0.4, 0.5) is 17.6 Å². The van der Waals surface area contributed by atoms with Crippen LogP contribution >= 0.6 is 11.6 Å². The summed E-state index contributed by atoms with van der Waals surface area (Å²) in [5.74, 6) is 1.50. The van der Waals surface area contributed by atoms with E-state index in [1.165, 1.54) is 0 Å². The van der Waals surface area contributed by atoms with Gasteiger partial charge in [-0.05, 0) is 41.8 Å². The lowest BCUT2D eigenvalue weighted by atomic mass is 9.78. The lowest BCUT2D eigenvalue weighted by molar-refractivity contribution is -0.187. The topological polar surface area (TPSA) is 18.5 Å². The van der Waals surface area contributed by atoms with Gasteiger partial charge in [0.1, 0.15) is 18.1 Å². The van der Waals surface area contributed by atoms with Crippen molar-refractivity contribution < 1.29 is 27.0 Å². The van der Waals surface area contributed by atoms with Crippen molar-refractivity contribution in [1.82, 2.24) is 0 Å². The van der Waals surface area contributed by atoms with Crippen molar-refractivity contribution in [3.63, 3.8) is 0 Å². The van der Waals surface area contributed by atoms with E-state index in [4.69, 9.17) is 21.1 Å². The molecule has 0 saturated carbocycles. The molecule has 154 valence electrons. The summed E-state index contributed by atoms with van der Waals surface area (Å²) < 4.78 is 60.1. The van der Waals surface area contributed by atoms with Crippen LogP contribution in [0.3, 0.4) is 0 Å². The highest BCUT2D eigenvalue weighted by Gasteiger charge is 2.40. The van der Waals surface area contributed by atoms with Gasteiger partial charge in [-0.15, -0.1) is 11.6 Å². The van der Waals surface area contributed by atoms with Gasteiger partial charge in [0.05, 0.1) is 6.61 Å². The maximum atomic E-state index is 12.9. The Morgan fingerprint density at radius 2 is 1.32 bits per heavy atom. The fraction of sp³-hybridized carbons (Fsp3) is 0.429. The average molecular weight is 419 g/mol. The Kier molecular flexibility index (Phi) is 7.58. The summed E-state index contributed by atoms with van der Waals surface area (Å²) in [4.78, 5) is 0. The third kappa shape index (κ3) is 6.03. The quantitative estimate of drug-likeness (QED) is 0.270. The lowest BCUT2D eigenvalue weighted by Crippen LogP contribution is -2.30. The van der Waals surface area contributed by atoms with Crippen LogP contribution in [0.15, 0.2) is 48.5 Å². The molecular weight excluding hydrogens is 396 g/mol. The Morgan fingerprint density at radius 1 is 0.857 bits per heavy atom. The van der Waals surface area contributed by atoms with Crippen molar-refractivity contribution in [2.45, 2.75) is 38.0 Å². The van der Waals surface area contributed by atoms with Crippen LogP contribution in [0, 0.1) is 0 Å². The third-order valence-electron chi connectivity index (χ3n) is 4.45. The number of rotatable bonds is 9. The molecule has 7 heteroatoms. The van der Waals surface area contributed by atoms with Crippen LogP contribution < -0.4 is 9.47 Å². The molecule has 0 aliphatic rings. The van der Waals surface area contributed by atoms with E-state index in [0.29, 0.717) is 12.5 Å². The van der Waals surface area contributed by atoms with E-state index >= 15 is 0 Å². The second-order valence-electron chi connectivity index (χ2n) is 6.88. The molecule has 1 unspecified atom stereocenters. The van der Waals surface area contributed by atoms with Gasteiger partial charge in [-0.3, -0.25) is 0 Å². The van der Waals surface area contributed by atoms with E-state index < -0.39 is 19.0 Å². The normalized spacial score (nSPS) is 13.2. The van der Waals surface area contributed by atoms with E-state index in [0.717, 1.165) is 23.3 Å². The van der Waals surface area contributed by atoms with Gasteiger partial charge in [-0.1, -0.05) is 38.1 Å². The monoisotopic (exact) mass is 418 g/mol. The molecule has 0 bridgehead atoms. The van der Waals surface area contributed by atoms with E-state index in [2.05, 4.69) is 0 Å². The Morgan fingerprint density at radius 3 is 1.75 bits per heavy atom. The van der Waals surface area contributed by atoms with E-state index in [9.17, 15) is 17.6 Å². The number of hydrogen-bond acceptors (Lipinski definition) is 2. The summed E-state index contributed by atoms with van der Waals surface area (Å²) >= 11 is 5.63. The molecule has 0 aliphatic heterocycles.